The molecule has 2 aliphatic rings. The van der Waals surface area contributed by atoms with Gasteiger partial charge in [-0.3, -0.25) is 0 Å². The number of hydrogen-bond donors (Lipinski definition) is 0. The minimum atomic E-state index is -1.04. The third-order valence-electron chi connectivity index (χ3n) is 5.35. The van der Waals surface area contributed by atoms with Crippen LogP contribution in [-0.2, 0) is 0 Å². The lowest BCUT2D eigenvalue weighted by Crippen LogP contribution is -2.35. The van der Waals surface area contributed by atoms with Crippen molar-refractivity contribution >= 4 is 5.71 Å². The molecule has 0 aliphatic carbocycles. The maximum absolute atomic E-state index is 14.6. The molecule has 0 spiro atoms. The molecular weight excluding hydrogens is 374 g/mol. The quantitative estimate of drug-likeness (QED) is 0.613. The fourth-order valence-electron chi connectivity index (χ4n) is 3.99. The number of rotatable bonds is 3. The van der Waals surface area contributed by atoms with E-state index in [0.717, 1.165) is 16.8 Å². The summed E-state index contributed by atoms with van der Waals surface area (Å²) in [6, 6.07) is 18.9. The summed E-state index contributed by atoms with van der Waals surface area (Å²) in [5.74, 6) is -0.323. The molecule has 0 N–H and O–H groups in total. The molecule has 0 amide bonds. The molecule has 0 radical (unpaired) electrons. The summed E-state index contributed by atoms with van der Waals surface area (Å²) in [4.78, 5) is 0. The summed E-state index contributed by atoms with van der Waals surface area (Å²) in [6.45, 7) is 0. The van der Waals surface area contributed by atoms with Crippen LogP contribution in [0, 0.1) is 11.6 Å². The average molecular weight is 392 g/mol. The zero-order valence-corrected chi connectivity index (χ0v) is 15.7. The lowest BCUT2D eigenvalue weighted by atomic mass is 9.95. The fourth-order valence-corrected chi connectivity index (χ4v) is 3.99. The van der Waals surface area contributed by atoms with Crippen LogP contribution in [-0.4, -0.2) is 17.8 Å². The summed E-state index contributed by atoms with van der Waals surface area (Å²) < 4.78 is 40.9. The molecule has 3 aromatic carbocycles. The van der Waals surface area contributed by atoms with Crippen LogP contribution in [0.15, 0.2) is 71.8 Å². The molecule has 29 heavy (non-hydrogen) atoms. The number of ether oxygens (including phenoxy) is 2. The number of para-hydroxylation sites is 1. The van der Waals surface area contributed by atoms with E-state index in [9.17, 15) is 8.78 Å². The Balaban J connectivity index is 1.67. The smallest absolute Gasteiger partial charge is 0.219 e. The normalized spacial score (nSPS) is 19.8. The monoisotopic (exact) mass is 392 g/mol. The van der Waals surface area contributed by atoms with E-state index in [-0.39, 0.29) is 11.6 Å². The van der Waals surface area contributed by atoms with Gasteiger partial charge in [-0.25, -0.2) is 13.8 Å². The van der Waals surface area contributed by atoms with Crippen molar-refractivity contribution in [3.05, 3.63) is 95.1 Å². The van der Waals surface area contributed by atoms with Crippen LogP contribution in [0.1, 0.15) is 35.4 Å². The third-order valence-corrected chi connectivity index (χ3v) is 5.35. The van der Waals surface area contributed by atoms with Gasteiger partial charge in [0.15, 0.2) is 11.5 Å². The average Bonchev–Trinajstić information content (AvgIpc) is 3.20. The second-order valence-electron chi connectivity index (χ2n) is 7.00. The van der Waals surface area contributed by atoms with Crippen LogP contribution in [0.3, 0.4) is 0 Å². The van der Waals surface area contributed by atoms with Crippen molar-refractivity contribution in [1.82, 2.24) is 5.01 Å². The van der Waals surface area contributed by atoms with Gasteiger partial charge in [0, 0.05) is 12.0 Å². The highest BCUT2D eigenvalue weighted by molar-refractivity contribution is 6.01. The van der Waals surface area contributed by atoms with Crippen molar-refractivity contribution in [3.63, 3.8) is 0 Å². The van der Waals surface area contributed by atoms with Crippen LogP contribution < -0.4 is 9.47 Å². The molecule has 6 heteroatoms. The highest BCUT2D eigenvalue weighted by atomic mass is 19.1. The van der Waals surface area contributed by atoms with Crippen molar-refractivity contribution in [2.45, 2.75) is 18.7 Å². The first-order valence-electron chi connectivity index (χ1n) is 9.36. The standard InChI is InChI=1S/C23H18F2N2O2/c1-28-20-12-5-9-15-19-13-18(14-7-3-2-4-8-14)26-27(19)23(29-22(15)20)21-16(24)10-6-11-17(21)25/h2-12,19,23H,13H2,1H3/t19-,23+/m0/s1. The maximum atomic E-state index is 14.6. The number of methoxy groups -OCH3 is 1. The summed E-state index contributed by atoms with van der Waals surface area (Å²) in [7, 11) is 1.55. The van der Waals surface area contributed by atoms with Crippen LogP contribution in [0.25, 0.3) is 0 Å². The van der Waals surface area contributed by atoms with Crippen molar-refractivity contribution in [2.75, 3.05) is 7.11 Å². The third kappa shape index (κ3) is 2.83. The lowest BCUT2D eigenvalue weighted by Gasteiger charge is -2.38. The Labute approximate surface area is 167 Å². The molecule has 3 aromatic rings. The number of hydrazone groups is 1. The highest BCUT2D eigenvalue weighted by Gasteiger charge is 2.43. The van der Waals surface area contributed by atoms with Gasteiger partial charge in [0.05, 0.1) is 24.4 Å². The summed E-state index contributed by atoms with van der Waals surface area (Å²) in [5.41, 5.74) is 2.54. The molecule has 2 atom stereocenters. The highest BCUT2D eigenvalue weighted by Crippen LogP contribution is 2.51. The van der Waals surface area contributed by atoms with Gasteiger partial charge in [0.25, 0.3) is 0 Å². The van der Waals surface area contributed by atoms with E-state index >= 15 is 0 Å². The Morgan fingerprint density at radius 3 is 2.41 bits per heavy atom. The molecule has 0 aromatic heterocycles. The SMILES string of the molecule is COc1cccc2c1O[C@H](c1c(F)cccc1F)N1N=C(c3ccccc3)C[C@@H]21. The van der Waals surface area contributed by atoms with Crippen molar-refractivity contribution in [2.24, 2.45) is 5.10 Å². The van der Waals surface area contributed by atoms with Gasteiger partial charge in [-0.1, -0.05) is 48.5 Å². The molecule has 0 bridgehead atoms. The minimum absolute atomic E-state index is 0.160. The predicted molar refractivity (Wildman–Crippen MR) is 105 cm³/mol. The fraction of sp³-hybridized carbons (Fsp3) is 0.174. The van der Waals surface area contributed by atoms with Gasteiger partial charge in [0.2, 0.25) is 6.23 Å². The first-order valence-corrected chi connectivity index (χ1v) is 9.36. The van der Waals surface area contributed by atoms with Gasteiger partial charge < -0.3 is 9.47 Å². The lowest BCUT2D eigenvalue weighted by molar-refractivity contribution is -0.0253. The Bertz CT molecular complexity index is 1080. The first kappa shape index (κ1) is 17.7. The van der Waals surface area contributed by atoms with E-state index in [1.54, 1.807) is 18.2 Å². The number of fused-ring (bicyclic) bond motifs is 3. The number of nitrogens with zero attached hydrogens (tertiary/aromatic N) is 2. The van der Waals surface area contributed by atoms with Crippen molar-refractivity contribution in [1.29, 1.82) is 0 Å². The van der Waals surface area contributed by atoms with Crippen LogP contribution in [0.2, 0.25) is 0 Å². The molecule has 0 saturated heterocycles. The van der Waals surface area contributed by atoms with Crippen LogP contribution in [0.4, 0.5) is 8.78 Å². The molecule has 146 valence electrons. The number of benzene rings is 3. The van der Waals surface area contributed by atoms with E-state index in [1.807, 2.05) is 42.5 Å². The Hall–Kier alpha value is -3.41. The molecule has 0 unspecified atom stereocenters. The zero-order valence-electron chi connectivity index (χ0n) is 15.7. The Morgan fingerprint density at radius 1 is 0.966 bits per heavy atom. The van der Waals surface area contributed by atoms with E-state index in [1.165, 1.54) is 18.2 Å². The summed E-state index contributed by atoms with van der Waals surface area (Å²) in [5, 5.41) is 6.38. The van der Waals surface area contributed by atoms with Gasteiger partial charge >= 0.3 is 0 Å². The Morgan fingerprint density at radius 2 is 1.69 bits per heavy atom. The number of halogens is 2. The zero-order chi connectivity index (χ0) is 20.0. The molecule has 2 aliphatic heterocycles. The predicted octanol–water partition coefficient (Wildman–Crippen LogP) is 5.22. The molecular formula is C23H18F2N2O2. The summed E-state index contributed by atoms with van der Waals surface area (Å²) >= 11 is 0. The van der Waals surface area contributed by atoms with Crippen molar-refractivity contribution < 1.29 is 18.3 Å². The van der Waals surface area contributed by atoms with E-state index < -0.39 is 17.9 Å². The Kier molecular flexibility index (Phi) is 4.19. The van der Waals surface area contributed by atoms with E-state index in [0.29, 0.717) is 17.9 Å². The molecule has 0 fully saturated rings. The van der Waals surface area contributed by atoms with Gasteiger partial charge in [-0.15, -0.1) is 0 Å². The number of hydrogen-bond acceptors (Lipinski definition) is 4. The molecule has 4 nitrogen and oxygen atoms in total. The second kappa shape index (κ2) is 6.88. The maximum Gasteiger partial charge on any atom is 0.219 e. The largest absolute Gasteiger partial charge is 0.493 e. The van der Waals surface area contributed by atoms with E-state index in [4.69, 9.17) is 14.6 Å². The molecule has 2 heterocycles. The topological polar surface area (TPSA) is 34.1 Å². The summed E-state index contributed by atoms with van der Waals surface area (Å²) in [6.07, 6.45) is -0.439. The minimum Gasteiger partial charge on any atom is -0.493 e. The van der Waals surface area contributed by atoms with Crippen molar-refractivity contribution in [3.8, 4) is 11.5 Å². The van der Waals surface area contributed by atoms with Crippen LogP contribution >= 0.6 is 0 Å². The van der Waals surface area contributed by atoms with Gasteiger partial charge in [0.1, 0.15) is 11.6 Å². The van der Waals surface area contributed by atoms with E-state index in [2.05, 4.69) is 0 Å². The molecule has 0 saturated carbocycles. The van der Waals surface area contributed by atoms with Gasteiger partial charge in [-0.05, 0) is 23.8 Å². The first-order chi connectivity index (χ1) is 14.2. The molecule has 5 rings (SSSR count). The van der Waals surface area contributed by atoms with Crippen LogP contribution in [0.5, 0.6) is 11.5 Å². The van der Waals surface area contributed by atoms with Gasteiger partial charge in [-0.2, -0.15) is 5.10 Å². The second-order valence-corrected chi connectivity index (χ2v) is 7.00.